The highest BCUT2D eigenvalue weighted by molar-refractivity contribution is 5.83. The van der Waals surface area contributed by atoms with E-state index in [9.17, 15) is 9.59 Å². The normalized spacial score (nSPS) is 17.5. The first-order chi connectivity index (χ1) is 6.74. The highest BCUT2D eigenvalue weighted by Gasteiger charge is 2.15. The molecule has 1 fully saturated rings. The minimum atomic E-state index is -0.397. The molecule has 0 atom stereocenters. The summed E-state index contributed by atoms with van der Waals surface area (Å²) in [5.41, 5.74) is 0. The van der Waals surface area contributed by atoms with Crippen LogP contribution in [0.4, 0.5) is 0 Å². The van der Waals surface area contributed by atoms with E-state index in [2.05, 4.69) is 0 Å². The fraction of sp³-hybridized carbons (Fsp3) is 0.600. The summed E-state index contributed by atoms with van der Waals surface area (Å²) in [6.07, 6.45) is 5.33. The Morgan fingerprint density at radius 3 is 3.00 bits per heavy atom. The fourth-order valence-electron chi connectivity index (χ4n) is 1.33. The summed E-state index contributed by atoms with van der Waals surface area (Å²) in [5.74, 6) is -0.317. The number of carbonyl (C=O) groups excluding carboxylic acids is 2. The van der Waals surface area contributed by atoms with Gasteiger partial charge in [0.05, 0.1) is 6.61 Å². The van der Waals surface area contributed by atoms with Crippen LogP contribution in [-0.2, 0) is 14.3 Å². The van der Waals surface area contributed by atoms with Crippen molar-refractivity contribution in [2.24, 2.45) is 0 Å². The van der Waals surface area contributed by atoms with Gasteiger partial charge < -0.3 is 9.64 Å². The van der Waals surface area contributed by atoms with Crippen molar-refractivity contribution in [2.75, 3.05) is 13.2 Å². The summed E-state index contributed by atoms with van der Waals surface area (Å²) in [7, 11) is 0. The Kier molecular flexibility index (Phi) is 4.16. The van der Waals surface area contributed by atoms with Crippen molar-refractivity contribution in [2.45, 2.75) is 26.2 Å². The maximum atomic E-state index is 11.3. The first kappa shape index (κ1) is 10.8. The maximum Gasteiger partial charge on any atom is 0.332 e. The molecule has 0 aromatic rings. The molecule has 0 N–H and O–H groups in total. The zero-order chi connectivity index (χ0) is 10.4. The average molecular weight is 197 g/mol. The highest BCUT2D eigenvalue weighted by Crippen LogP contribution is 2.10. The summed E-state index contributed by atoms with van der Waals surface area (Å²) in [4.78, 5) is 23.8. The zero-order valence-corrected chi connectivity index (χ0v) is 8.36. The van der Waals surface area contributed by atoms with Gasteiger partial charge in [-0.05, 0) is 19.8 Å². The second kappa shape index (κ2) is 5.42. The molecule has 0 unspecified atom stereocenters. The van der Waals surface area contributed by atoms with Crippen LogP contribution in [0.25, 0.3) is 0 Å². The van der Waals surface area contributed by atoms with Gasteiger partial charge >= 0.3 is 5.97 Å². The van der Waals surface area contributed by atoms with Crippen LogP contribution in [0.1, 0.15) is 26.2 Å². The second-order valence-corrected chi connectivity index (χ2v) is 3.11. The van der Waals surface area contributed by atoms with Crippen molar-refractivity contribution in [1.29, 1.82) is 0 Å². The van der Waals surface area contributed by atoms with Crippen molar-refractivity contribution < 1.29 is 14.3 Å². The zero-order valence-electron chi connectivity index (χ0n) is 8.36. The lowest BCUT2D eigenvalue weighted by Crippen LogP contribution is -2.30. The molecule has 4 heteroatoms. The lowest BCUT2D eigenvalue weighted by molar-refractivity contribution is -0.137. The number of rotatable bonds is 3. The Hall–Kier alpha value is -1.32. The van der Waals surface area contributed by atoms with Crippen LogP contribution in [0.15, 0.2) is 12.3 Å². The van der Waals surface area contributed by atoms with E-state index >= 15 is 0 Å². The molecule has 0 radical (unpaired) electrons. The van der Waals surface area contributed by atoms with Gasteiger partial charge in [0.1, 0.15) is 0 Å². The highest BCUT2D eigenvalue weighted by atomic mass is 16.5. The third-order valence-corrected chi connectivity index (χ3v) is 2.04. The number of ether oxygens (including phenoxy) is 1. The van der Waals surface area contributed by atoms with Crippen LogP contribution in [0.5, 0.6) is 0 Å². The Labute approximate surface area is 83.5 Å². The van der Waals surface area contributed by atoms with Crippen LogP contribution in [0.3, 0.4) is 0 Å². The molecule has 1 aliphatic rings. The molecule has 1 rings (SSSR count). The molecule has 1 amide bonds. The molecule has 4 nitrogen and oxygen atoms in total. The summed E-state index contributed by atoms with van der Waals surface area (Å²) >= 11 is 0. The standard InChI is InChI=1S/C10H15NO3/c1-2-14-10(13)6-8-11-7-4-3-5-9(11)12/h6,8H,2-5,7H2,1H3/b8-6-. The predicted octanol–water partition coefficient (Wildman–Crippen LogP) is 1.08. The lowest BCUT2D eigenvalue weighted by Gasteiger charge is -2.22. The van der Waals surface area contributed by atoms with Crippen molar-refractivity contribution in [1.82, 2.24) is 4.90 Å². The smallest absolute Gasteiger partial charge is 0.332 e. The van der Waals surface area contributed by atoms with Crippen LogP contribution >= 0.6 is 0 Å². The van der Waals surface area contributed by atoms with E-state index in [4.69, 9.17) is 4.74 Å². The first-order valence-corrected chi connectivity index (χ1v) is 4.88. The summed E-state index contributed by atoms with van der Waals surface area (Å²) < 4.78 is 4.70. The van der Waals surface area contributed by atoms with Crippen LogP contribution in [-0.4, -0.2) is 29.9 Å². The maximum absolute atomic E-state index is 11.3. The van der Waals surface area contributed by atoms with Crippen LogP contribution in [0.2, 0.25) is 0 Å². The molecular weight excluding hydrogens is 182 g/mol. The Balaban J connectivity index is 2.41. The number of amides is 1. The van der Waals surface area contributed by atoms with Gasteiger partial charge in [-0.15, -0.1) is 0 Å². The third-order valence-electron chi connectivity index (χ3n) is 2.04. The molecule has 1 aliphatic heterocycles. The van der Waals surface area contributed by atoms with Crippen molar-refractivity contribution in [3.05, 3.63) is 12.3 Å². The number of hydrogen-bond acceptors (Lipinski definition) is 3. The van der Waals surface area contributed by atoms with Crippen LogP contribution in [0, 0.1) is 0 Å². The molecule has 0 aliphatic carbocycles. The van der Waals surface area contributed by atoms with E-state index in [1.165, 1.54) is 12.3 Å². The topological polar surface area (TPSA) is 46.6 Å². The molecule has 0 aromatic heterocycles. The van der Waals surface area contributed by atoms with Gasteiger partial charge in [0.15, 0.2) is 0 Å². The molecule has 0 spiro atoms. The van der Waals surface area contributed by atoms with Crippen molar-refractivity contribution in [3.63, 3.8) is 0 Å². The molecule has 0 saturated carbocycles. The second-order valence-electron chi connectivity index (χ2n) is 3.11. The molecule has 78 valence electrons. The molecular formula is C10H15NO3. The number of carbonyl (C=O) groups is 2. The van der Waals surface area contributed by atoms with E-state index in [1.807, 2.05) is 0 Å². The third kappa shape index (κ3) is 3.20. The largest absolute Gasteiger partial charge is 0.463 e. The average Bonchev–Trinajstić information content (AvgIpc) is 2.17. The van der Waals surface area contributed by atoms with E-state index in [1.54, 1.807) is 11.8 Å². The minimum absolute atomic E-state index is 0.0804. The fourth-order valence-corrected chi connectivity index (χ4v) is 1.33. The minimum Gasteiger partial charge on any atom is -0.463 e. The van der Waals surface area contributed by atoms with Gasteiger partial charge in [-0.1, -0.05) is 0 Å². The lowest BCUT2D eigenvalue weighted by atomic mass is 10.1. The molecule has 1 heterocycles. The first-order valence-electron chi connectivity index (χ1n) is 4.88. The number of hydrogen-bond donors (Lipinski definition) is 0. The quantitative estimate of drug-likeness (QED) is 0.502. The van der Waals surface area contributed by atoms with Crippen LogP contribution < -0.4 is 0 Å². The number of esters is 1. The molecule has 14 heavy (non-hydrogen) atoms. The van der Waals surface area contributed by atoms with Gasteiger partial charge in [0, 0.05) is 25.2 Å². The Bertz CT molecular complexity index is 248. The summed E-state index contributed by atoms with van der Waals surface area (Å²) in [6.45, 7) is 2.81. The summed E-state index contributed by atoms with van der Waals surface area (Å²) in [6, 6.07) is 0. The van der Waals surface area contributed by atoms with Gasteiger partial charge in [-0.3, -0.25) is 4.79 Å². The number of nitrogens with zero attached hydrogens (tertiary/aromatic N) is 1. The van der Waals surface area contributed by atoms with Gasteiger partial charge in [-0.25, -0.2) is 4.79 Å². The number of piperidine rings is 1. The van der Waals surface area contributed by atoms with E-state index in [0.717, 1.165) is 12.8 Å². The molecule has 1 saturated heterocycles. The summed E-state index contributed by atoms with van der Waals surface area (Å²) in [5, 5.41) is 0. The molecule has 0 bridgehead atoms. The van der Waals surface area contributed by atoms with Crippen molar-refractivity contribution >= 4 is 11.9 Å². The van der Waals surface area contributed by atoms with Gasteiger partial charge in [-0.2, -0.15) is 0 Å². The molecule has 0 aromatic carbocycles. The van der Waals surface area contributed by atoms with E-state index in [0.29, 0.717) is 19.6 Å². The predicted molar refractivity (Wildman–Crippen MR) is 51.3 cm³/mol. The van der Waals surface area contributed by atoms with E-state index in [-0.39, 0.29) is 5.91 Å². The van der Waals surface area contributed by atoms with Gasteiger partial charge in [0.25, 0.3) is 0 Å². The SMILES string of the molecule is CCOC(=O)/C=C\N1CCCCC1=O. The number of likely N-dealkylation sites (tertiary alicyclic amines) is 1. The Morgan fingerprint density at radius 2 is 2.36 bits per heavy atom. The van der Waals surface area contributed by atoms with Crippen molar-refractivity contribution in [3.8, 4) is 0 Å². The van der Waals surface area contributed by atoms with E-state index < -0.39 is 5.97 Å². The monoisotopic (exact) mass is 197 g/mol. The Morgan fingerprint density at radius 1 is 1.57 bits per heavy atom. The van der Waals surface area contributed by atoms with Gasteiger partial charge in [0.2, 0.25) is 5.91 Å².